The second-order valence-electron chi connectivity index (χ2n) is 2.21. The minimum Gasteiger partial charge on any atom is -0.508 e. The lowest BCUT2D eigenvalue weighted by Crippen LogP contribution is -1.99. The van der Waals surface area contributed by atoms with E-state index in [0.717, 1.165) is 24.3 Å². The van der Waals surface area contributed by atoms with Crippen LogP contribution in [0.2, 0.25) is 0 Å². The highest BCUT2D eigenvalue weighted by Crippen LogP contribution is 2.06. The Kier molecular flexibility index (Phi) is 2.09. The van der Waals surface area contributed by atoms with E-state index >= 15 is 0 Å². The largest absolute Gasteiger partial charge is 0.508 e. The number of carboxylic acids is 1. The first-order chi connectivity index (χ1) is 5.59. The molecule has 0 aliphatic heterocycles. The predicted molar refractivity (Wildman–Crippen MR) is 41.3 cm³/mol. The summed E-state index contributed by atoms with van der Waals surface area (Å²) in [5.74, 6) is -1.48. The molecule has 62 valence electrons. The van der Waals surface area contributed by atoms with Gasteiger partial charge in [0.15, 0.2) is 5.43 Å². The standard InChI is InChI=1S/C8H6O4/c9-6-1-2-7(10)4-5(3-6)8(11)12/h1-4,9H,(H,11,12). The van der Waals surface area contributed by atoms with Crippen LogP contribution in [0.5, 0.6) is 5.75 Å². The Morgan fingerprint density at radius 2 is 1.92 bits per heavy atom. The zero-order valence-electron chi connectivity index (χ0n) is 6.02. The molecular formula is C8H6O4. The van der Waals surface area contributed by atoms with Gasteiger partial charge in [-0.2, -0.15) is 0 Å². The fourth-order valence-corrected chi connectivity index (χ4v) is 0.741. The maximum atomic E-state index is 10.8. The highest BCUT2D eigenvalue weighted by molar-refractivity contribution is 5.87. The van der Waals surface area contributed by atoms with Gasteiger partial charge in [-0.15, -0.1) is 0 Å². The maximum absolute atomic E-state index is 10.8. The van der Waals surface area contributed by atoms with Gasteiger partial charge in [0.1, 0.15) is 5.75 Å². The van der Waals surface area contributed by atoms with Crippen LogP contribution in [-0.4, -0.2) is 16.2 Å². The normalized spacial score (nSPS) is 9.33. The fourth-order valence-electron chi connectivity index (χ4n) is 0.741. The smallest absolute Gasteiger partial charge is 0.335 e. The number of carbonyl (C=O) groups is 1. The lowest BCUT2D eigenvalue weighted by Gasteiger charge is -1.86. The van der Waals surface area contributed by atoms with Crippen molar-refractivity contribution in [2.45, 2.75) is 0 Å². The molecule has 0 aliphatic rings. The van der Waals surface area contributed by atoms with E-state index in [1.807, 2.05) is 0 Å². The molecule has 0 fully saturated rings. The summed E-state index contributed by atoms with van der Waals surface area (Å²) in [6, 6.07) is 4.21. The van der Waals surface area contributed by atoms with Gasteiger partial charge in [-0.25, -0.2) is 4.79 Å². The average molecular weight is 166 g/mol. The van der Waals surface area contributed by atoms with Gasteiger partial charge in [0.05, 0.1) is 5.56 Å². The molecule has 0 atom stereocenters. The van der Waals surface area contributed by atoms with Crippen molar-refractivity contribution in [1.82, 2.24) is 0 Å². The summed E-state index contributed by atoms with van der Waals surface area (Å²) < 4.78 is 0. The molecule has 0 aliphatic carbocycles. The van der Waals surface area contributed by atoms with Crippen molar-refractivity contribution < 1.29 is 15.0 Å². The summed E-state index contributed by atoms with van der Waals surface area (Å²) in [5.41, 5.74) is -0.671. The van der Waals surface area contributed by atoms with Crippen LogP contribution < -0.4 is 5.43 Å². The summed E-state index contributed by atoms with van der Waals surface area (Å²) >= 11 is 0. The molecule has 1 aromatic rings. The van der Waals surface area contributed by atoms with E-state index < -0.39 is 11.4 Å². The molecule has 0 bridgehead atoms. The Bertz CT molecular complexity index is 370. The highest BCUT2D eigenvalue weighted by atomic mass is 16.4. The molecule has 4 heteroatoms. The number of rotatable bonds is 1. The maximum Gasteiger partial charge on any atom is 0.335 e. The van der Waals surface area contributed by atoms with Gasteiger partial charge in [0.2, 0.25) is 0 Å². The third-order valence-corrected chi connectivity index (χ3v) is 1.27. The molecule has 2 N–H and O–H groups in total. The minimum absolute atomic E-state index is 0.220. The Morgan fingerprint density at radius 3 is 2.50 bits per heavy atom. The monoisotopic (exact) mass is 166 g/mol. The van der Waals surface area contributed by atoms with Crippen LogP contribution in [0, 0.1) is 0 Å². The number of carboxylic acid groups (broad SMARTS) is 1. The van der Waals surface area contributed by atoms with Crippen molar-refractivity contribution in [2.24, 2.45) is 0 Å². The zero-order chi connectivity index (χ0) is 9.14. The van der Waals surface area contributed by atoms with Crippen molar-refractivity contribution in [3.63, 3.8) is 0 Å². The molecule has 0 spiro atoms. The van der Waals surface area contributed by atoms with Crippen molar-refractivity contribution >= 4 is 5.97 Å². The molecule has 0 saturated heterocycles. The van der Waals surface area contributed by atoms with Gasteiger partial charge in [0, 0.05) is 6.07 Å². The van der Waals surface area contributed by atoms with Gasteiger partial charge in [-0.1, -0.05) is 0 Å². The van der Waals surface area contributed by atoms with E-state index in [4.69, 9.17) is 10.2 Å². The van der Waals surface area contributed by atoms with E-state index in [9.17, 15) is 9.59 Å². The molecule has 4 nitrogen and oxygen atoms in total. The zero-order valence-corrected chi connectivity index (χ0v) is 6.02. The molecule has 0 saturated carbocycles. The minimum atomic E-state index is -1.24. The van der Waals surface area contributed by atoms with Gasteiger partial charge in [-0.3, -0.25) is 4.79 Å². The molecule has 0 radical (unpaired) electrons. The second kappa shape index (κ2) is 3.04. The van der Waals surface area contributed by atoms with Crippen molar-refractivity contribution in [1.29, 1.82) is 0 Å². The van der Waals surface area contributed by atoms with Gasteiger partial charge in [-0.05, 0) is 18.2 Å². The molecule has 1 aromatic carbocycles. The Hall–Kier alpha value is -1.84. The number of aromatic hydroxyl groups is 1. The van der Waals surface area contributed by atoms with Crippen LogP contribution in [0.4, 0.5) is 0 Å². The molecule has 0 heterocycles. The van der Waals surface area contributed by atoms with Gasteiger partial charge < -0.3 is 10.2 Å². The van der Waals surface area contributed by atoms with Crippen LogP contribution in [0.15, 0.2) is 29.1 Å². The SMILES string of the molecule is O=C(O)c1cc(O)ccc(=O)c1. The van der Waals surface area contributed by atoms with Crippen LogP contribution in [0.1, 0.15) is 10.4 Å². The number of hydrogen-bond acceptors (Lipinski definition) is 3. The highest BCUT2D eigenvalue weighted by Gasteiger charge is 2.02. The Balaban J connectivity index is 3.43. The average Bonchev–Trinajstić information content (AvgIpc) is 2.13. The summed E-state index contributed by atoms with van der Waals surface area (Å²) in [5, 5.41) is 17.4. The molecule has 12 heavy (non-hydrogen) atoms. The first-order valence-corrected chi connectivity index (χ1v) is 3.17. The molecule has 1 rings (SSSR count). The lowest BCUT2D eigenvalue weighted by atomic mass is 10.3. The summed E-state index contributed by atoms with van der Waals surface area (Å²) in [7, 11) is 0. The summed E-state index contributed by atoms with van der Waals surface area (Å²) in [6.45, 7) is 0. The lowest BCUT2D eigenvalue weighted by molar-refractivity contribution is 0.0696. The first kappa shape index (κ1) is 8.26. The Labute approximate surface area is 67.7 Å². The second-order valence-corrected chi connectivity index (χ2v) is 2.21. The van der Waals surface area contributed by atoms with Crippen LogP contribution >= 0.6 is 0 Å². The van der Waals surface area contributed by atoms with Gasteiger partial charge in [0.25, 0.3) is 0 Å². The summed E-state index contributed by atoms with van der Waals surface area (Å²) in [4.78, 5) is 21.2. The van der Waals surface area contributed by atoms with Crippen LogP contribution in [-0.2, 0) is 0 Å². The van der Waals surface area contributed by atoms with E-state index in [-0.39, 0.29) is 11.3 Å². The third kappa shape index (κ3) is 1.82. The number of hydrogen-bond donors (Lipinski definition) is 2. The van der Waals surface area contributed by atoms with Gasteiger partial charge >= 0.3 is 5.97 Å². The van der Waals surface area contributed by atoms with E-state index in [1.165, 1.54) is 0 Å². The van der Waals surface area contributed by atoms with E-state index in [1.54, 1.807) is 0 Å². The molecular weight excluding hydrogens is 160 g/mol. The predicted octanol–water partition coefficient (Wildman–Crippen LogP) is 0.451. The summed E-state index contributed by atoms with van der Waals surface area (Å²) in [6.07, 6.45) is 0. The molecule has 0 amide bonds. The van der Waals surface area contributed by atoms with Crippen LogP contribution in [0.25, 0.3) is 0 Å². The van der Waals surface area contributed by atoms with Crippen molar-refractivity contribution in [3.8, 4) is 5.75 Å². The van der Waals surface area contributed by atoms with E-state index in [0.29, 0.717) is 0 Å². The quantitative estimate of drug-likeness (QED) is 0.635. The van der Waals surface area contributed by atoms with E-state index in [2.05, 4.69) is 0 Å². The molecule has 0 unspecified atom stereocenters. The Morgan fingerprint density at radius 1 is 1.25 bits per heavy atom. The number of aromatic carboxylic acids is 1. The topological polar surface area (TPSA) is 74.6 Å². The molecule has 0 aromatic heterocycles. The first-order valence-electron chi connectivity index (χ1n) is 3.17. The third-order valence-electron chi connectivity index (χ3n) is 1.27. The fraction of sp³-hybridized carbons (Fsp3) is 0. The van der Waals surface area contributed by atoms with Crippen LogP contribution in [0.3, 0.4) is 0 Å². The van der Waals surface area contributed by atoms with Crippen molar-refractivity contribution in [3.05, 3.63) is 40.1 Å². The van der Waals surface area contributed by atoms with Crippen molar-refractivity contribution in [2.75, 3.05) is 0 Å².